The van der Waals surface area contributed by atoms with Crippen LogP contribution in [0.5, 0.6) is 11.6 Å². The van der Waals surface area contributed by atoms with Gasteiger partial charge >= 0.3 is 0 Å². The lowest BCUT2D eigenvalue weighted by atomic mass is 9.83. The zero-order chi connectivity index (χ0) is 17.3. The van der Waals surface area contributed by atoms with Gasteiger partial charge in [-0.3, -0.25) is 5.10 Å². The number of ether oxygens (including phenoxy) is 3. The molecule has 2 aromatic rings. The molecule has 1 atom stereocenters. The highest BCUT2D eigenvalue weighted by atomic mass is 16.5. The van der Waals surface area contributed by atoms with Crippen molar-refractivity contribution in [3.63, 3.8) is 0 Å². The van der Waals surface area contributed by atoms with Gasteiger partial charge in [0.1, 0.15) is 17.4 Å². The first kappa shape index (κ1) is 15.9. The molecule has 0 spiro atoms. The molecule has 0 radical (unpaired) electrons. The van der Waals surface area contributed by atoms with Crippen LogP contribution in [0, 0.1) is 18.3 Å². The Balaban J connectivity index is 2.18. The van der Waals surface area contributed by atoms with E-state index in [4.69, 9.17) is 19.9 Å². The molecule has 0 bridgehead atoms. The predicted molar refractivity (Wildman–Crippen MR) is 86.3 cm³/mol. The highest BCUT2D eigenvalue weighted by molar-refractivity contribution is 5.56. The fourth-order valence-electron chi connectivity index (χ4n) is 2.98. The van der Waals surface area contributed by atoms with E-state index >= 15 is 0 Å². The SMILES string of the molecule is COCc1cc(C2C(C#N)=C(N)Oc3n[nH]c(C)c32)ccc1OC. The number of benzene rings is 1. The van der Waals surface area contributed by atoms with Crippen LogP contribution in [0.2, 0.25) is 0 Å². The Bertz CT molecular complexity index is 848. The molecule has 1 aliphatic rings. The van der Waals surface area contributed by atoms with E-state index < -0.39 is 0 Å². The van der Waals surface area contributed by atoms with Crippen molar-refractivity contribution in [3.8, 4) is 17.7 Å². The van der Waals surface area contributed by atoms with Crippen molar-refractivity contribution >= 4 is 0 Å². The van der Waals surface area contributed by atoms with E-state index in [1.807, 2.05) is 25.1 Å². The van der Waals surface area contributed by atoms with Crippen molar-refractivity contribution in [3.05, 3.63) is 52.0 Å². The molecule has 124 valence electrons. The van der Waals surface area contributed by atoms with E-state index in [9.17, 15) is 5.26 Å². The summed E-state index contributed by atoms with van der Waals surface area (Å²) in [5.41, 5.74) is 9.72. The number of fused-ring (bicyclic) bond motifs is 1. The molecule has 1 aromatic heterocycles. The minimum Gasteiger partial charge on any atom is -0.496 e. The quantitative estimate of drug-likeness (QED) is 0.891. The number of nitriles is 1. The van der Waals surface area contributed by atoms with E-state index in [1.165, 1.54) is 0 Å². The average molecular weight is 326 g/mol. The fourth-order valence-corrected chi connectivity index (χ4v) is 2.98. The number of aromatic nitrogens is 2. The van der Waals surface area contributed by atoms with Gasteiger partial charge in [-0.05, 0) is 24.6 Å². The number of hydrogen-bond acceptors (Lipinski definition) is 6. The molecule has 3 rings (SSSR count). The highest BCUT2D eigenvalue weighted by Crippen LogP contribution is 2.43. The molecule has 0 amide bonds. The molecular formula is C17H18N4O3. The summed E-state index contributed by atoms with van der Waals surface area (Å²) >= 11 is 0. The summed E-state index contributed by atoms with van der Waals surface area (Å²) in [6, 6.07) is 7.90. The summed E-state index contributed by atoms with van der Waals surface area (Å²) in [4.78, 5) is 0. The number of allylic oxidation sites excluding steroid dienone is 1. The van der Waals surface area contributed by atoms with Crippen LogP contribution in [0.4, 0.5) is 0 Å². The van der Waals surface area contributed by atoms with Gasteiger partial charge in [0.15, 0.2) is 0 Å². The molecule has 0 fully saturated rings. The number of hydrogen-bond donors (Lipinski definition) is 2. The fraction of sp³-hybridized carbons (Fsp3) is 0.294. The van der Waals surface area contributed by atoms with Crippen LogP contribution in [0.25, 0.3) is 0 Å². The average Bonchev–Trinajstić information content (AvgIpc) is 2.94. The maximum absolute atomic E-state index is 9.57. The van der Waals surface area contributed by atoms with Gasteiger partial charge in [0.2, 0.25) is 11.8 Å². The van der Waals surface area contributed by atoms with Crippen LogP contribution in [0.1, 0.15) is 28.3 Å². The van der Waals surface area contributed by atoms with Gasteiger partial charge in [0.05, 0.1) is 19.6 Å². The summed E-state index contributed by atoms with van der Waals surface area (Å²) < 4.78 is 16.1. The van der Waals surface area contributed by atoms with E-state index in [1.54, 1.807) is 14.2 Å². The third-order valence-corrected chi connectivity index (χ3v) is 4.07. The number of nitrogens with one attached hydrogen (secondary N) is 1. The summed E-state index contributed by atoms with van der Waals surface area (Å²) in [6.45, 7) is 2.29. The second-order valence-electron chi connectivity index (χ2n) is 5.50. The maximum Gasteiger partial charge on any atom is 0.244 e. The summed E-state index contributed by atoms with van der Waals surface area (Å²) in [7, 11) is 3.23. The van der Waals surface area contributed by atoms with Crippen molar-refractivity contribution in [2.45, 2.75) is 19.4 Å². The zero-order valence-corrected chi connectivity index (χ0v) is 13.7. The van der Waals surface area contributed by atoms with Gasteiger partial charge in [0, 0.05) is 23.9 Å². The molecule has 0 saturated carbocycles. The van der Waals surface area contributed by atoms with Crippen LogP contribution in [0.15, 0.2) is 29.7 Å². The first-order valence-electron chi connectivity index (χ1n) is 7.38. The molecule has 24 heavy (non-hydrogen) atoms. The van der Waals surface area contributed by atoms with Gasteiger partial charge in [-0.2, -0.15) is 5.26 Å². The van der Waals surface area contributed by atoms with Crippen molar-refractivity contribution in [1.29, 1.82) is 5.26 Å². The normalized spacial score (nSPS) is 16.3. The van der Waals surface area contributed by atoms with Crippen LogP contribution >= 0.6 is 0 Å². The number of aryl methyl sites for hydroxylation is 1. The number of nitrogens with zero attached hydrogens (tertiary/aromatic N) is 2. The van der Waals surface area contributed by atoms with Crippen molar-refractivity contribution < 1.29 is 14.2 Å². The Morgan fingerprint density at radius 3 is 2.88 bits per heavy atom. The number of methoxy groups -OCH3 is 2. The Labute approximate surface area is 139 Å². The lowest BCUT2D eigenvalue weighted by Crippen LogP contribution is -2.21. The van der Waals surface area contributed by atoms with Crippen LogP contribution in [-0.4, -0.2) is 24.4 Å². The first-order valence-corrected chi connectivity index (χ1v) is 7.38. The molecule has 7 heteroatoms. The van der Waals surface area contributed by atoms with E-state index in [2.05, 4.69) is 16.3 Å². The second-order valence-corrected chi connectivity index (χ2v) is 5.50. The van der Waals surface area contributed by atoms with Gasteiger partial charge in [-0.1, -0.05) is 6.07 Å². The Morgan fingerprint density at radius 1 is 1.42 bits per heavy atom. The lowest BCUT2D eigenvalue weighted by molar-refractivity contribution is 0.181. The van der Waals surface area contributed by atoms with Crippen molar-refractivity contribution in [1.82, 2.24) is 10.2 Å². The lowest BCUT2D eigenvalue weighted by Gasteiger charge is -2.24. The molecule has 2 heterocycles. The molecule has 7 nitrogen and oxygen atoms in total. The predicted octanol–water partition coefficient (Wildman–Crippen LogP) is 2.09. The minimum absolute atomic E-state index is 0.0746. The van der Waals surface area contributed by atoms with Gasteiger partial charge in [-0.25, -0.2) is 0 Å². The third-order valence-electron chi connectivity index (χ3n) is 4.07. The molecule has 0 saturated heterocycles. The number of H-pyrrole nitrogens is 1. The van der Waals surface area contributed by atoms with Crippen molar-refractivity contribution in [2.75, 3.05) is 14.2 Å². The van der Waals surface area contributed by atoms with E-state index in [-0.39, 0.29) is 11.8 Å². The maximum atomic E-state index is 9.57. The number of nitrogens with two attached hydrogens (primary N) is 1. The van der Waals surface area contributed by atoms with Crippen molar-refractivity contribution in [2.24, 2.45) is 5.73 Å². The summed E-state index contributed by atoms with van der Waals surface area (Å²) in [5, 5.41) is 16.6. The summed E-state index contributed by atoms with van der Waals surface area (Å²) in [5.74, 6) is 0.856. The molecular weight excluding hydrogens is 308 g/mol. The minimum atomic E-state index is -0.348. The Morgan fingerprint density at radius 2 is 2.21 bits per heavy atom. The van der Waals surface area contributed by atoms with Gasteiger partial charge in [0.25, 0.3) is 0 Å². The Kier molecular flexibility index (Phi) is 4.15. The smallest absolute Gasteiger partial charge is 0.244 e. The highest BCUT2D eigenvalue weighted by Gasteiger charge is 2.34. The summed E-state index contributed by atoms with van der Waals surface area (Å²) in [6.07, 6.45) is 0. The largest absolute Gasteiger partial charge is 0.496 e. The molecule has 3 N–H and O–H groups in total. The third kappa shape index (κ3) is 2.47. The molecule has 1 aromatic carbocycles. The first-order chi connectivity index (χ1) is 11.6. The van der Waals surface area contributed by atoms with Crippen LogP contribution in [-0.2, 0) is 11.3 Å². The van der Waals surface area contributed by atoms with Crippen LogP contribution in [0.3, 0.4) is 0 Å². The standard InChI is InChI=1S/C17H18N4O3/c1-9-14-15(12(7-18)16(19)24-17(14)21-20-9)10-4-5-13(23-3)11(6-10)8-22-2/h4-6,15H,8,19H2,1-3H3,(H,20,21). The number of rotatable bonds is 4. The molecule has 0 aliphatic carbocycles. The Hall–Kier alpha value is -2.98. The van der Waals surface area contributed by atoms with Gasteiger partial charge < -0.3 is 19.9 Å². The monoisotopic (exact) mass is 326 g/mol. The molecule has 1 unspecified atom stereocenters. The topological polar surface area (TPSA) is 106 Å². The van der Waals surface area contributed by atoms with Gasteiger partial charge in [-0.15, -0.1) is 5.10 Å². The zero-order valence-electron chi connectivity index (χ0n) is 13.7. The number of aromatic amines is 1. The van der Waals surface area contributed by atoms with E-state index in [0.29, 0.717) is 18.1 Å². The van der Waals surface area contributed by atoms with E-state index in [0.717, 1.165) is 28.1 Å². The molecule has 1 aliphatic heterocycles. The van der Waals surface area contributed by atoms with Crippen LogP contribution < -0.4 is 15.2 Å². The second kappa shape index (κ2) is 6.26.